The van der Waals surface area contributed by atoms with Gasteiger partial charge >= 0.3 is 0 Å². The van der Waals surface area contributed by atoms with Crippen LogP contribution in [0.5, 0.6) is 5.75 Å². The second-order valence-electron chi connectivity index (χ2n) is 6.32. The van der Waals surface area contributed by atoms with Gasteiger partial charge in [0, 0.05) is 13.1 Å². The van der Waals surface area contributed by atoms with Crippen LogP contribution in [0, 0.1) is 16.7 Å². The van der Waals surface area contributed by atoms with E-state index in [0.29, 0.717) is 5.41 Å². The van der Waals surface area contributed by atoms with Crippen LogP contribution in [0.2, 0.25) is 0 Å². The molecule has 1 aromatic rings. The second kappa shape index (κ2) is 9.41. The Kier molecular flexibility index (Phi) is 7.85. The van der Waals surface area contributed by atoms with Crippen molar-refractivity contribution in [3.63, 3.8) is 0 Å². The molecule has 1 aromatic carbocycles. The van der Waals surface area contributed by atoms with Crippen molar-refractivity contribution in [2.75, 3.05) is 13.2 Å². The lowest BCUT2D eigenvalue weighted by Gasteiger charge is -2.25. The third kappa shape index (κ3) is 7.72. The minimum Gasteiger partial charge on any atom is -0.479 e. The van der Waals surface area contributed by atoms with Crippen molar-refractivity contribution in [1.29, 1.82) is 5.26 Å². The van der Waals surface area contributed by atoms with Gasteiger partial charge < -0.3 is 10.1 Å². The monoisotopic (exact) mass is 288 g/mol. The SMILES string of the molecule is CCCCCC(C)(C)CNCc1cccc(OCC#N)c1. The molecule has 21 heavy (non-hydrogen) atoms. The normalized spacial score (nSPS) is 11.1. The fourth-order valence-electron chi connectivity index (χ4n) is 2.35. The summed E-state index contributed by atoms with van der Waals surface area (Å²) in [6.45, 7) is 8.83. The van der Waals surface area contributed by atoms with Crippen molar-refractivity contribution in [2.45, 2.75) is 53.0 Å². The van der Waals surface area contributed by atoms with E-state index in [-0.39, 0.29) is 6.61 Å². The van der Waals surface area contributed by atoms with Crippen molar-refractivity contribution < 1.29 is 4.74 Å². The summed E-state index contributed by atoms with van der Waals surface area (Å²) in [5.74, 6) is 0.762. The molecular formula is C18H28N2O. The number of hydrogen-bond donors (Lipinski definition) is 1. The number of nitriles is 1. The van der Waals surface area contributed by atoms with Crippen molar-refractivity contribution in [3.8, 4) is 11.8 Å². The number of rotatable bonds is 10. The zero-order chi connectivity index (χ0) is 15.6. The maximum Gasteiger partial charge on any atom is 0.174 e. The van der Waals surface area contributed by atoms with Gasteiger partial charge in [-0.05, 0) is 29.5 Å². The van der Waals surface area contributed by atoms with Crippen molar-refractivity contribution in [2.24, 2.45) is 5.41 Å². The molecule has 116 valence electrons. The van der Waals surface area contributed by atoms with E-state index >= 15 is 0 Å². The van der Waals surface area contributed by atoms with Crippen molar-refractivity contribution in [3.05, 3.63) is 29.8 Å². The van der Waals surface area contributed by atoms with Crippen LogP contribution in [-0.2, 0) is 6.54 Å². The highest BCUT2D eigenvalue weighted by atomic mass is 16.5. The maximum absolute atomic E-state index is 8.53. The first-order valence-electron chi connectivity index (χ1n) is 7.87. The van der Waals surface area contributed by atoms with Crippen LogP contribution in [0.15, 0.2) is 24.3 Å². The third-order valence-electron chi connectivity index (χ3n) is 3.59. The molecule has 0 aliphatic rings. The highest BCUT2D eigenvalue weighted by Crippen LogP contribution is 2.23. The predicted octanol–water partition coefficient (Wildman–Crippen LogP) is 4.29. The van der Waals surface area contributed by atoms with E-state index in [4.69, 9.17) is 10.00 Å². The summed E-state index contributed by atoms with van der Waals surface area (Å²) in [6, 6.07) is 9.91. The summed E-state index contributed by atoms with van der Waals surface area (Å²) in [7, 11) is 0. The zero-order valence-corrected chi connectivity index (χ0v) is 13.6. The summed E-state index contributed by atoms with van der Waals surface area (Å²) in [6.07, 6.45) is 5.17. The molecule has 0 fully saturated rings. The molecule has 1 N–H and O–H groups in total. The Hall–Kier alpha value is -1.53. The molecule has 1 rings (SSSR count). The molecule has 0 saturated carbocycles. The van der Waals surface area contributed by atoms with Gasteiger partial charge in [-0.25, -0.2) is 0 Å². The Labute approximate surface area is 129 Å². The zero-order valence-electron chi connectivity index (χ0n) is 13.6. The summed E-state index contributed by atoms with van der Waals surface area (Å²) >= 11 is 0. The van der Waals surface area contributed by atoms with Crippen LogP contribution in [0.3, 0.4) is 0 Å². The van der Waals surface area contributed by atoms with Crippen LogP contribution in [0.25, 0.3) is 0 Å². The minimum atomic E-state index is 0.0986. The lowest BCUT2D eigenvalue weighted by molar-refractivity contribution is 0.301. The summed E-state index contributed by atoms with van der Waals surface area (Å²) in [5, 5.41) is 12.1. The first-order chi connectivity index (χ1) is 10.1. The van der Waals surface area contributed by atoms with Crippen LogP contribution in [0.1, 0.15) is 52.0 Å². The maximum atomic E-state index is 8.53. The third-order valence-corrected chi connectivity index (χ3v) is 3.59. The largest absolute Gasteiger partial charge is 0.479 e. The van der Waals surface area contributed by atoms with Gasteiger partial charge in [0.1, 0.15) is 11.8 Å². The van der Waals surface area contributed by atoms with Gasteiger partial charge in [-0.2, -0.15) is 5.26 Å². The molecule has 0 aromatic heterocycles. The molecule has 3 nitrogen and oxygen atoms in total. The van der Waals surface area contributed by atoms with Gasteiger partial charge in [-0.15, -0.1) is 0 Å². The van der Waals surface area contributed by atoms with Gasteiger partial charge in [-0.1, -0.05) is 52.2 Å². The second-order valence-corrected chi connectivity index (χ2v) is 6.32. The van der Waals surface area contributed by atoms with Crippen LogP contribution in [-0.4, -0.2) is 13.2 Å². The number of ether oxygens (including phenoxy) is 1. The van der Waals surface area contributed by atoms with Gasteiger partial charge in [0.25, 0.3) is 0 Å². The standard InChI is InChI=1S/C18H28N2O/c1-4-5-6-10-18(2,3)15-20-14-16-8-7-9-17(13-16)21-12-11-19/h7-9,13,20H,4-6,10,12,14-15H2,1-3H3. The molecule has 0 amide bonds. The highest BCUT2D eigenvalue weighted by Gasteiger charge is 2.16. The van der Waals surface area contributed by atoms with E-state index in [1.807, 2.05) is 24.3 Å². The van der Waals surface area contributed by atoms with E-state index in [9.17, 15) is 0 Å². The molecule has 0 heterocycles. The molecular weight excluding hydrogens is 260 g/mol. The Balaban J connectivity index is 2.36. The highest BCUT2D eigenvalue weighted by molar-refractivity contribution is 5.28. The molecule has 0 radical (unpaired) electrons. The van der Waals surface area contributed by atoms with Crippen LogP contribution < -0.4 is 10.1 Å². The molecule has 3 heteroatoms. The molecule has 0 atom stereocenters. The Morgan fingerprint density at radius 2 is 2.10 bits per heavy atom. The average molecular weight is 288 g/mol. The molecule has 0 aliphatic carbocycles. The molecule has 0 unspecified atom stereocenters. The van der Waals surface area contributed by atoms with Gasteiger partial charge in [0.05, 0.1) is 0 Å². The molecule has 0 bridgehead atoms. The fourth-order valence-corrected chi connectivity index (χ4v) is 2.35. The number of benzene rings is 1. The van der Waals surface area contributed by atoms with E-state index in [1.165, 1.54) is 31.2 Å². The van der Waals surface area contributed by atoms with Crippen LogP contribution >= 0.6 is 0 Å². The summed E-state index contributed by atoms with van der Waals surface area (Å²) < 4.78 is 5.32. The summed E-state index contributed by atoms with van der Waals surface area (Å²) in [4.78, 5) is 0. The van der Waals surface area contributed by atoms with Crippen molar-refractivity contribution in [1.82, 2.24) is 5.32 Å². The van der Waals surface area contributed by atoms with E-state index in [0.717, 1.165) is 18.8 Å². The first-order valence-corrected chi connectivity index (χ1v) is 7.87. The van der Waals surface area contributed by atoms with Gasteiger partial charge in [0.2, 0.25) is 0 Å². The predicted molar refractivity (Wildman–Crippen MR) is 87.2 cm³/mol. The average Bonchev–Trinajstić information content (AvgIpc) is 2.45. The lowest BCUT2D eigenvalue weighted by Crippen LogP contribution is -2.29. The van der Waals surface area contributed by atoms with Crippen LogP contribution in [0.4, 0.5) is 0 Å². The van der Waals surface area contributed by atoms with Gasteiger partial charge in [-0.3, -0.25) is 0 Å². The number of nitrogens with zero attached hydrogens (tertiary/aromatic N) is 1. The topological polar surface area (TPSA) is 45.0 Å². The molecule has 0 spiro atoms. The Morgan fingerprint density at radius 1 is 1.29 bits per heavy atom. The fraction of sp³-hybridized carbons (Fsp3) is 0.611. The summed E-state index contributed by atoms with van der Waals surface area (Å²) in [5.41, 5.74) is 1.53. The number of nitrogens with one attached hydrogen (secondary N) is 1. The quantitative estimate of drug-likeness (QED) is 0.653. The van der Waals surface area contributed by atoms with E-state index in [2.05, 4.69) is 32.2 Å². The van der Waals surface area contributed by atoms with Gasteiger partial charge in [0.15, 0.2) is 6.61 Å². The Morgan fingerprint density at radius 3 is 2.81 bits per heavy atom. The van der Waals surface area contributed by atoms with E-state index in [1.54, 1.807) is 0 Å². The smallest absolute Gasteiger partial charge is 0.174 e. The Bertz CT molecular complexity index is 449. The molecule has 0 aliphatic heterocycles. The van der Waals surface area contributed by atoms with E-state index < -0.39 is 0 Å². The first kappa shape index (κ1) is 17.5. The number of hydrogen-bond acceptors (Lipinski definition) is 3. The van der Waals surface area contributed by atoms with Crippen molar-refractivity contribution >= 4 is 0 Å². The molecule has 0 saturated heterocycles. The lowest BCUT2D eigenvalue weighted by atomic mass is 9.87. The number of unbranched alkanes of at least 4 members (excludes halogenated alkanes) is 2. The minimum absolute atomic E-state index is 0.0986.